The van der Waals surface area contributed by atoms with Crippen LogP contribution in [0.15, 0.2) is 0 Å². The van der Waals surface area contributed by atoms with E-state index in [2.05, 4.69) is 4.74 Å². The Morgan fingerprint density at radius 3 is 2.80 bits per heavy atom. The van der Waals surface area contributed by atoms with Crippen LogP contribution in [0.1, 0.15) is 6.42 Å². The number of halogens is 1. The zero-order valence-electron chi connectivity index (χ0n) is 6.09. The summed E-state index contributed by atoms with van der Waals surface area (Å²) < 4.78 is 4.43. The number of rotatable bonds is 4. The van der Waals surface area contributed by atoms with Crippen molar-refractivity contribution in [2.75, 3.05) is 19.1 Å². The summed E-state index contributed by atoms with van der Waals surface area (Å²) in [5, 5.41) is -0.475. The molecule has 0 aromatic carbocycles. The zero-order valence-corrected chi connectivity index (χ0v) is 7.67. The summed E-state index contributed by atoms with van der Waals surface area (Å²) in [4.78, 5) is 10.7. The van der Waals surface area contributed by atoms with Crippen LogP contribution in [0.25, 0.3) is 0 Å². The molecule has 0 aromatic heterocycles. The van der Waals surface area contributed by atoms with Crippen molar-refractivity contribution in [3.05, 3.63) is 0 Å². The Morgan fingerprint density at radius 1 is 1.80 bits per heavy atom. The van der Waals surface area contributed by atoms with Gasteiger partial charge in [0, 0.05) is 0 Å². The van der Waals surface area contributed by atoms with Gasteiger partial charge in [-0.3, -0.25) is 4.79 Å². The molecule has 1 atom stereocenters. The van der Waals surface area contributed by atoms with Crippen LogP contribution in [0.3, 0.4) is 0 Å². The summed E-state index contributed by atoms with van der Waals surface area (Å²) in [6.45, 7) is 0. The molecular weight excluding hydrogens is 172 g/mol. The highest BCUT2D eigenvalue weighted by Crippen LogP contribution is 2.07. The van der Waals surface area contributed by atoms with Crippen molar-refractivity contribution in [2.24, 2.45) is 0 Å². The fraction of sp³-hybridized carbons (Fsp3) is 0.833. The van der Waals surface area contributed by atoms with E-state index in [1.165, 1.54) is 7.11 Å². The van der Waals surface area contributed by atoms with E-state index in [0.717, 1.165) is 5.75 Å². The number of hydrogen-bond acceptors (Lipinski definition) is 3. The van der Waals surface area contributed by atoms with Gasteiger partial charge in [-0.1, -0.05) is 0 Å². The van der Waals surface area contributed by atoms with Gasteiger partial charge in [-0.05, 0) is 18.4 Å². The first-order valence-electron chi connectivity index (χ1n) is 2.93. The molecule has 0 spiro atoms. The Morgan fingerprint density at radius 2 is 2.40 bits per heavy atom. The molecule has 0 aliphatic rings. The van der Waals surface area contributed by atoms with Gasteiger partial charge in [0.15, 0.2) is 0 Å². The number of carbonyl (C=O) groups excluding carboxylic acids is 1. The summed E-state index contributed by atoms with van der Waals surface area (Å²) in [7, 11) is 1.34. The second-order valence-electron chi connectivity index (χ2n) is 1.77. The highest BCUT2D eigenvalue weighted by Gasteiger charge is 2.13. The third-order valence-electron chi connectivity index (χ3n) is 1.03. The van der Waals surface area contributed by atoms with Gasteiger partial charge in [0.05, 0.1) is 7.11 Å². The first kappa shape index (κ1) is 10.1. The Balaban J connectivity index is 3.41. The van der Waals surface area contributed by atoms with E-state index in [4.69, 9.17) is 11.6 Å². The van der Waals surface area contributed by atoms with E-state index in [-0.39, 0.29) is 5.97 Å². The van der Waals surface area contributed by atoms with Crippen molar-refractivity contribution in [1.29, 1.82) is 0 Å². The zero-order chi connectivity index (χ0) is 7.98. The van der Waals surface area contributed by atoms with Crippen LogP contribution in [0.4, 0.5) is 0 Å². The molecule has 0 rings (SSSR count). The Kier molecular flexibility index (Phi) is 5.93. The van der Waals surface area contributed by atoms with Gasteiger partial charge in [0.2, 0.25) is 0 Å². The molecule has 0 fully saturated rings. The molecule has 0 heterocycles. The Labute approximate surface area is 70.3 Å². The summed E-state index contributed by atoms with van der Waals surface area (Å²) in [6, 6.07) is 0. The van der Waals surface area contributed by atoms with Crippen LogP contribution in [-0.4, -0.2) is 30.5 Å². The molecule has 0 bridgehead atoms. The molecule has 0 N–H and O–H groups in total. The summed E-state index contributed by atoms with van der Waals surface area (Å²) in [5.74, 6) is 0.555. The van der Waals surface area contributed by atoms with Gasteiger partial charge in [0.1, 0.15) is 5.38 Å². The lowest BCUT2D eigenvalue weighted by molar-refractivity contribution is -0.140. The molecule has 0 aliphatic carbocycles. The molecule has 60 valence electrons. The molecule has 10 heavy (non-hydrogen) atoms. The molecule has 2 nitrogen and oxygen atoms in total. The molecule has 1 unspecified atom stereocenters. The van der Waals surface area contributed by atoms with Crippen molar-refractivity contribution >= 4 is 29.3 Å². The standard InChI is InChI=1S/C6H11ClO2S/c1-9-6(8)5(7)3-4-10-2/h5H,3-4H2,1-2H3. The quantitative estimate of drug-likeness (QED) is 0.487. The van der Waals surface area contributed by atoms with Crippen LogP contribution in [-0.2, 0) is 9.53 Å². The number of ether oxygens (including phenoxy) is 1. The van der Waals surface area contributed by atoms with Crippen LogP contribution in [0.2, 0.25) is 0 Å². The maximum atomic E-state index is 10.7. The first-order valence-corrected chi connectivity index (χ1v) is 4.76. The Bertz CT molecular complexity index is 108. The third kappa shape index (κ3) is 4.01. The van der Waals surface area contributed by atoms with Crippen LogP contribution >= 0.6 is 23.4 Å². The first-order chi connectivity index (χ1) is 4.72. The number of methoxy groups -OCH3 is 1. The van der Waals surface area contributed by atoms with Crippen LogP contribution in [0, 0.1) is 0 Å². The fourth-order valence-electron chi connectivity index (χ4n) is 0.467. The molecule has 0 amide bonds. The minimum absolute atomic E-state index is 0.337. The van der Waals surface area contributed by atoms with Crippen LogP contribution < -0.4 is 0 Å². The monoisotopic (exact) mass is 182 g/mol. The number of esters is 1. The van der Waals surface area contributed by atoms with Gasteiger partial charge in [-0.2, -0.15) is 11.8 Å². The largest absolute Gasteiger partial charge is 0.468 e. The lowest BCUT2D eigenvalue weighted by Crippen LogP contribution is -2.16. The fourth-order valence-corrected chi connectivity index (χ4v) is 1.27. The second kappa shape index (κ2) is 5.86. The van der Waals surface area contributed by atoms with E-state index in [1.807, 2.05) is 6.26 Å². The minimum Gasteiger partial charge on any atom is -0.468 e. The molecule has 0 saturated heterocycles. The van der Waals surface area contributed by atoms with Gasteiger partial charge in [-0.15, -0.1) is 11.6 Å². The van der Waals surface area contributed by atoms with E-state index >= 15 is 0 Å². The number of hydrogen-bond donors (Lipinski definition) is 0. The molecule has 0 radical (unpaired) electrons. The van der Waals surface area contributed by atoms with Crippen molar-refractivity contribution in [3.8, 4) is 0 Å². The molecule has 4 heteroatoms. The molecular formula is C6H11ClO2S. The highest BCUT2D eigenvalue weighted by atomic mass is 35.5. The SMILES string of the molecule is COC(=O)C(Cl)CCSC. The van der Waals surface area contributed by atoms with Crippen molar-refractivity contribution in [1.82, 2.24) is 0 Å². The average molecular weight is 183 g/mol. The maximum Gasteiger partial charge on any atom is 0.323 e. The lowest BCUT2D eigenvalue weighted by atomic mass is 10.3. The smallest absolute Gasteiger partial charge is 0.323 e. The normalized spacial score (nSPS) is 12.7. The lowest BCUT2D eigenvalue weighted by Gasteiger charge is -2.04. The van der Waals surface area contributed by atoms with E-state index in [1.54, 1.807) is 11.8 Å². The summed E-state index contributed by atoms with van der Waals surface area (Å²) in [6.07, 6.45) is 2.65. The highest BCUT2D eigenvalue weighted by molar-refractivity contribution is 7.98. The van der Waals surface area contributed by atoms with Crippen molar-refractivity contribution in [2.45, 2.75) is 11.8 Å². The molecule has 0 saturated carbocycles. The summed E-state index contributed by atoms with van der Waals surface area (Å²) >= 11 is 7.29. The predicted octanol–water partition coefficient (Wildman–Crippen LogP) is 1.52. The maximum absolute atomic E-state index is 10.7. The van der Waals surface area contributed by atoms with E-state index < -0.39 is 5.38 Å². The molecule has 0 aliphatic heterocycles. The summed E-state index contributed by atoms with van der Waals surface area (Å²) in [5.41, 5.74) is 0. The Hall–Kier alpha value is 0.110. The number of carbonyl (C=O) groups is 1. The number of thioether (sulfide) groups is 1. The second-order valence-corrected chi connectivity index (χ2v) is 3.28. The molecule has 0 aromatic rings. The van der Waals surface area contributed by atoms with Crippen molar-refractivity contribution < 1.29 is 9.53 Å². The topological polar surface area (TPSA) is 26.3 Å². The van der Waals surface area contributed by atoms with Gasteiger partial charge < -0.3 is 4.74 Å². The third-order valence-corrected chi connectivity index (χ3v) is 2.07. The van der Waals surface area contributed by atoms with Gasteiger partial charge >= 0.3 is 5.97 Å². The van der Waals surface area contributed by atoms with Crippen molar-refractivity contribution in [3.63, 3.8) is 0 Å². The number of alkyl halides is 1. The minimum atomic E-state index is -0.475. The van der Waals surface area contributed by atoms with Crippen LogP contribution in [0.5, 0.6) is 0 Å². The average Bonchev–Trinajstić information content (AvgIpc) is 1.98. The van der Waals surface area contributed by atoms with E-state index in [0.29, 0.717) is 6.42 Å². The van der Waals surface area contributed by atoms with Gasteiger partial charge in [0.25, 0.3) is 0 Å². The van der Waals surface area contributed by atoms with E-state index in [9.17, 15) is 4.79 Å². The van der Waals surface area contributed by atoms with Gasteiger partial charge in [-0.25, -0.2) is 0 Å². The predicted molar refractivity (Wildman–Crippen MR) is 44.7 cm³/mol.